The van der Waals surface area contributed by atoms with Gasteiger partial charge in [0.15, 0.2) is 5.65 Å². The Kier molecular flexibility index (Phi) is 3.42. The molecule has 1 unspecified atom stereocenters. The number of amides is 1. The van der Waals surface area contributed by atoms with E-state index in [4.69, 9.17) is 0 Å². The van der Waals surface area contributed by atoms with Crippen LogP contribution in [0.4, 0.5) is 0 Å². The normalized spacial score (nSPS) is 17.6. The van der Waals surface area contributed by atoms with E-state index < -0.39 is 0 Å². The number of aromatic nitrogens is 3. The van der Waals surface area contributed by atoms with Gasteiger partial charge in [0.05, 0.1) is 11.6 Å². The fourth-order valence-corrected chi connectivity index (χ4v) is 3.25. The number of pyridine rings is 1. The summed E-state index contributed by atoms with van der Waals surface area (Å²) in [6, 6.07) is 11.4. The number of nitrogens with one attached hydrogen (secondary N) is 2. The Morgan fingerprint density at radius 3 is 3.00 bits per heavy atom. The van der Waals surface area contributed by atoms with E-state index in [1.807, 2.05) is 25.2 Å². The first-order valence-electron chi connectivity index (χ1n) is 7.76. The average molecular weight is 323 g/mol. The van der Waals surface area contributed by atoms with Crippen LogP contribution >= 0.6 is 0 Å². The number of hydrogen-bond donors (Lipinski definition) is 2. The molecular weight excluding hydrogens is 306 g/mol. The molecule has 1 atom stereocenters. The number of likely N-dealkylation sites (N-methyl/N-ethyl adjacent to an activating group) is 1. The van der Waals surface area contributed by atoms with E-state index in [1.165, 1.54) is 9.96 Å². The summed E-state index contributed by atoms with van der Waals surface area (Å²) < 4.78 is 1.33. The van der Waals surface area contributed by atoms with Gasteiger partial charge in [0.25, 0.3) is 5.91 Å². The summed E-state index contributed by atoms with van der Waals surface area (Å²) in [6.07, 6.45) is 1.58. The van der Waals surface area contributed by atoms with Crippen LogP contribution in [0, 0.1) is 0 Å². The summed E-state index contributed by atoms with van der Waals surface area (Å²) in [4.78, 5) is 26.6. The molecule has 2 aromatic heterocycles. The third-order valence-electron chi connectivity index (χ3n) is 4.36. The minimum Gasteiger partial charge on any atom is -0.344 e. The van der Waals surface area contributed by atoms with Crippen molar-refractivity contribution in [2.45, 2.75) is 12.6 Å². The predicted molar refractivity (Wildman–Crippen MR) is 88.8 cm³/mol. The lowest BCUT2D eigenvalue weighted by atomic mass is 9.95. The molecule has 0 spiro atoms. The highest BCUT2D eigenvalue weighted by Crippen LogP contribution is 2.25. The van der Waals surface area contributed by atoms with Crippen LogP contribution in [0.25, 0.3) is 5.65 Å². The van der Waals surface area contributed by atoms with Crippen molar-refractivity contribution in [3.05, 3.63) is 69.8 Å². The molecule has 7 nitrogen and oxygen atoms in total. The summed E-state index contributed by atoms with van der Waals surface area (Å²) in [6.45, 7) is 1.60. The highest BCUT2D eigenvalue weighted by Gasteiger charge is 2.25. The molecule has 24 heavy (non-hydrogen) atoms. The van der Waals surface area contributed by atoms with Crippen molar-refractivity contribution in [2.24, 2.45) is 0 Å². The van der Waals surface area contributed by atoms with Crippen molar-refractivity contribution in [1.82, 2.24) is 24.8 Å². The number of nitrogens with zero attached hydrogens (tertiary/aromatic N) is 3. The Morgan fingerprint density at radius 1 is 1.29 bits per heavy atom. The number of hydrogen-bond acceptors (Lipinski definition) is 4. The van der Waals surface area contributed by atoms with Gasteiger partial charge in [0.1, 0.15) is 0 Å². The molecule has 3 aromatic rings. The van der Waals surface area contributed by atoms with E-state index in [9.17, 15) is 9.59 Å². The Balaban J connectivity index is 1.68. The molecule has 4 rings (SSSR count). The van der Waals surface area contributed by atoms with Crippen LogP contribution in [0.2, 0.25) is 0 Å². The summed E-state index contributed by atoms with van der Waals surface area (Å²) in [5.74, 6) is -0.241. The van der Waals surface area contributed by atoms with Crippen molar-refractivity contribution in [2.75, 3.05) is 13.6 Å². The largest absolute Gasteiger partial charge is 0.347 e. The number of H-pyrrole nitrogens is 1. The molecule has 0 saturated carbocycles. The lowest BCUT2D eigenvalue weighted by Gasteiger charge is -2.32. The maximum absolute atomic E-state index is 12.8. The lowest BCUT2D eigenvalue weighted by molar-refractivity contribution is 0.0923. The number of aromatic amines is 1. The molecule has 0 saturated heterocycles. The first-order chi connectivity index (χ1) is 11.6. The van der Waals surface area contributed by atoms with Crippen LogP contribution in [-0.2, 0) is 6.54 Å². The molecule has 3 heterocycles. The molecule has 122 valence electrons. The number of fused-ring (bicyclic) bond motifs is 2. The first-order valence-corrected chi connectivity index (χ1v) is 7.76. The SMILES string of the molecule is CN1Cc2ccccc2C(NC(=O)c2cccn3c(=O)[nH]nc23)C1. The van der Waals surface area contributed by atoms with Gasteiger partial charge in [-0.05, 0) is 30.3 Å². The van der Waals surface area contributed by atoms with Crippen LogP contribution in [0.5, 0.6) is 0 Å². The molecule has 2 N–H and O–H groups in total. The fraction of sp³-hybridized carbons (Fsp3) is 0.235. The Labute approximate surface area is 137 Å². The second kappa shape index (κ2) is 5.61. The van der Waals surface area contributed by atoms with Crippen molar-refractivity contribution < 1.29 is 4.79 Å². The fourth-order valence-electron chi connectivity index (χ4n) is 3.25. The standard InChI is InChI=1S/C17H17N5O2/c1-21-9-11-5-2-3-6-12(11)14(10-21)18-16(23)13-7-4-8-22-15(13)19-20-17(22)24/h2-8,14H,9-10H2,1H3,(H,18,23)(H,20,24). The summed E-state index contributed by atoms with van der Waals surface area (Å²) in [7, 11) is 2.03. The third kappa shape index (κ3) is 2.39. The second-order valence-corrected chi connectivity index (χ2v) is 6.07. The maximum Gasteiger partial charge on any atom is 0.347 e. The molecular formula is C17H17N5O2. The topological polar surface area (TPSA) is 82.5 Å². The number of benzene rings is 1. The monoisotopic (exact) mass is 323 g/mol. The van der Waals surface area contributed by atoms with Gasteiger partial charge in [0, 0.05) is 19.3 Å². The van der Waals surface area contributed by atoms with Gasteiger partial charge >= 0.3 is 5.69 Å². The van der Waals surface area contributed by atoms with Crippen LogP contribution in [0.1, 0.15) is 27.5 Å². The van der Waals surface area contributed by atoms with Gasteiger partial charge in [-0.1, -0.05) is 24.3 Å². The third-order valence-corrected chi connectivity index (χ3v) is 4.36. The van der Waals surface area contributed by atoms with Crippen LogP contribution in [-0.4, -0.2) is 39.0 Å². The minimum absolute atomic E-state index is 0.0987. The number of carbonyl (C=O) groups is 1. The predicted octanol–water partition coefficient (Wildman–Crippen LogP) is 0.939. The van der Waals surface area contributed by atoms with E-state index in [0.717, 1.165) is 18.7 Å². The van der Waals surface area contributed by atoms with E-state index in [1.54, 1.807) is 18.3 Å². The van der Waals surface area contributed by atoms with Crippen LogP contribution in [0.15, 0.2) is 47.4 Å². The molecule has 1 aliphatic rings. The van der Waals surface area contributed by atoms with Gasteiger partial charge < -0.3 is 5.32 Å². The number of rotatable bonds is 2. The molecule has 0 bridgehead atoms. The van der Waals surface area contributed by atoms with Crippen molar-refractivity contribution in [3.8, 4) is 0 Å². The van der Waals surface area contributed by atoms with Gasteiger partial charge in [-0.3, -0.25) is 9.69 Å². The average Bonchev–Trinajstić information content (AvgIpc) is 2.96. The zero-order valence-corrected chi connectivity index (χ0v) is 13.2. The maximum atomic E-state index is 12.8. The van der Waals surface area contributed by atoms with Gasteiger partial charge in [0.2, 0.25) is 0 Å². The van der Waals surface area contributed by atoms with Gasteiger partial charge in [-0.2, -0.15) is 5.10 Å². The molecule has 0 radical (unpaired) electrons. The smallest absolute Gasteiger partial charge is 0.344 e. The Morgan fingerprint density at radius 2 is 2.12 bits per heavy atom. The second-order valence-electron chi connectivity index (χ2n) is 6.07. The summed E-state index contributed by atoms with van der Waals surface area (Å²) in [5, 5.41) is 9.39. The van der Waals surface area contributed by atoms with E-state index >= 15 is 0 Å². The quantitative estimate of drug-likeness (QED) is 0.735. The van der Waals surface area contributed by atoms with Gasteiger partial charge in [-0.15, -0.1) is 0 Å². The van der Waals surface area contributed by atoms with Gasteiger partial charge in [-0.25, -0.2) is 14.3 Å². The summed E-state index contributed by atoms with van der Waals surface area (Å²) >= 11 is 0. The lowest BCUT2D eigenvalue weighted by Crippen LogP contribution is -2.40. The van der Waals surface area contributed by atoms with Crippen molar-refractivity contribution in [3.63, 3.8) is 0 Å². The molecule has 1 amide bonds. The zero-order chi connectivity index (χ0) is 16.7. The molecule has 1 aliphatic heterocycles. The van der Waals surface area contributed by atoms with Crippen molar-refractivity contribution >= 4 is 11.6 Å². The van der Waals surface area contributed by atoms with Crippen LogP contribution < -0.4 is 11.0 Å². The van der Waals surface area contributed by atoms with Crippen LogP contribution in [0.3, 0.4) is 0 Å². The zero-order valence-electron chi connectivity index (χ0n) is 13.2. The highest BCUT2D eigenvalue weighted by molar-refractivity contribution is 5.99. The summed E-state index contributed by atoms with van der Waals surface area (Å²) in [5.41, 5.74) is 2.70. The van der Waals surface area contributed by atoms with E-state index in [0.29, 0.717) is 11.2 Å². The number of carbonyl (C=O) groups excluding carboxylic acids is 1. The molecule has 0 fully saturated rings. The molecule has 0 aliphatic carbocycles. The molecule has 1 aromatic carbocycles. The minimum atomic E-state index is -0.359. The van der Waals surface area contributed by atoms with E-state index in [2.05, 4.69) is 26.5 Å². The highest BCUT2D eigenvalue weighted by atomic mass is 16.2. The first kappa shape index (κ1) is 14.6. The Hall–Kier alpha value is -2.93. The Bertz CT molecular complexity index is 974. The van der Waals surface area contributed by atoms with E-state index in [-0.39, 0.29) is 17.6 Å². The van der Waals surface area contributed by atoms with Crippen molar-refractivity contribution in [1.29, 1.82) is 0 Å². The molecule has 7 heteroatoms.